The molecular weight excluding hydrogens is 294 g/mol. The Morgan fingerprint density at radius 3 is 3.00 bits per heavy atom. The number of hydrogen-bond acceptors (Lipinski definition) is 7. The van der Waals surface area contributed by atoms with Crippen molar-refractivity contribution in [2.24, 2.45) is 0 Å². The van der Waals surface area contributed by atoms with E-state index in [0.717, 1.165) is 0 Å². The normalized spacial score (nSPS) is 10.7. The van der Waals surface area contributed by atoms with Crippen LogP contribution in [0.25, 0.3) is 11.6 Å². The Morgan fingerprint density at radius 1 is 1.33 bits per heavy atom. The van der Waals surface area contributed by atoms with Gasteiger partial charge in [-0.2, -0.15) is 4.98 Å². The van der Waals surface area contributed by atoms with E-state index in [-0.39, 0.29) is 5.56 Å². The van der Waals surface area contributed by atoms with E-state index in [9.17, 15) is 4.79 Å². The molecule has 0 aromatic carbocycles. The summed E-state index contributed by atoms with van der Waals surface area (Å²) in [5.41, 5.74) is 0.147. The molecule has 0 radical (unpaired) electrons. The average molecular weight is 303 g/mol. The van der Waals surface area contributed by atoms with Crippen molar-refractivity contribution in [3.05, 3.63) is 48.2 Å². The van der Waals surface area contributed by atoms with Crippen LogP contribution in [0, 0.1) is 0 Å². The highest BCUT2D eigenvalue weighted by molar-refractivity contribution is 7.98. The monoisotopic (exact) mass is 303 g/mol. The maximum Gasteiger partial charge on any atom is 0.338 e. The largest absolute Gasteiger partial charge is 0.478 e. The molecule has 0 spiro atoms. The van der Waals surface area contributed by atoms with Gasteiger partial charge in [0.05, 0.1) is 17.6 Å². The Balaban J connectivity index is 1.73. The summed E-state index contributed by atoms with van der Waals surface area (Å²) in [4.78, 5) is 19.3. The molecule has 8 heteroatoms. The lowest BCUT2D eigenvalue weighted by Crippen LogP contribution is -2.00. The van der Waals surface area contributed by atoms with E-state index in [1.165, 1.54) is 30.3 Å². The van der Waals surface area contributed by atoms with Crippen LogP contribution >= 0.6 is 11.8 Å². The topological polar surface area (TPSA) is 102 Å². The molecule has 7 nitrogen and oxygen atoms in total. The zero-order valence-electron chi connectivity index (χ0n) is 10.6. The third-order valence-electron chi connectivity index (χ3n) is 2.54. The van der Waals surface area contributed by atoms with Crippen LogP contribution in [0.4, 0.5) is 0 Å². The van der Waals surface area contributed by atoms with E-state index in [1.807, 2.05) is 0 Å². The van der Waals surface area contributed by atoms with Gasteiger partial charge in [0.25, 0.3) is 0 Å². The highest BCUT2D eigenvalue weighted by Crippen LogP contribution is 2.24. The fourth-order valence-electron chi connectivity index (χ4n) is 1.62. The lowest BCUT2D eigenvalue weighted by Gasteiger charge is -2.01. The summed E-state index contributed by atoms with van der Waals surface area (Å²) in [6, 6.07) is 6.53. The third kappa shape index (κ3) is 2.95. The number of furan rings is 1. The van der Waals surface area contributed by atoms with E-state index in [1.54, 1.807) is 18.2 Å². The molecule has 0 saturated heterocycles. The van der Waals surface area contributed by atoms with Gasteiger partial charge in [0.15, 0.2) is 5.76 Å². The summed E-state index contributed by atoms with van der Waals surface area (Å²) in [6.45, 7) is 0. The Bertz CT molecular complexity index is 754. The van der Waals surface area contributed by atoms with Crippen LogP contribution in [0.1, 0.15) is 16.2 Å². The van der Waals surface area contributed by atoms with Gasteiger partial charge in [-0.3, -0.25) is 0 Å². The second kappa shape index (κ2) is 5.80. The van der Waals surface area contributed by atoms with Crippen molar-refractivity contribution < 1.29 is 18.8 Å². The van der Waals surface area contributed by atoms with E-state index < -0.39 is 5.97 Å². The van der Waals surface area contributed by atoms with Crippen LogP contribution in [-0.4, -0.2) is 26.2 Å². The number of aromatic nitrogens is 3. The minimum absolute atomic E-state index is 0.147. The SMILES string of the molecule is O=C(O)c1cccnc1SCc1nc(-c2ccco2)no1. The molecule has 0 amide bonds. The lowest BCUT2D eigenvalue weighted by molar-refractivity contribution is 0.0692. The summed E-state index contributed by atoms with van der Waals surface area (Å²) < 4.78 is 10.3. The van der Waals surface area contributed by atoms with Crippen molar-refractivity contribution in [3.63, 3.8) is 0 Å². The van der Waals surface area contributed by atoms with Crippen molar-refractivity contribution in [2.75, 3.05) is 0 Å². The number of carboxylic acids is 1. The minimum atomic E-state index is -1.02. The molecule has 106 valence electrons. The summed E-state index contributed by atoms with van der Waals surface area (Å²) >= 11 is 1.22. The van der Waals surface area contributed by atoms with Crippen LogP contribution < -0.4 is 0 Å². The van der Waals surface area contributed by atoms with E-state index >= 15 is 0 Å². The third-order valence-corrected chi connectivity index (χ3v) is 3.53. The van der Waals surface area contributed by atoms with E-state index in [0.29, 0.717) is 28.3 Å². The number of pyridine rings is 1. The van der Waals surface area contributed by atoms with Crippen molar-refractivity contribution in [1.29, 1.82) is 0 Å². The molecule has 0 atom stereocenters. The molecule has 3 aromatic rings. The summed E-state index contributed by atoms with van der Waals surface area (Å²) in [5, 5.41) is 13.3. The first-order valence-electron chi connectivity index (χ1n) is 5.91. The van der Waals surface area contributed by atoms with Crippen LogP contribution in [-0.2, 0) is 5.75 Å². The molecule has 0 aliphatic heterocycles. The summed E-state index contributed by atoms with van der Waals surface area (Å²) in [7, 11) is 0. The van der Waals surface area contributed by atoms with Gasteiger partial charge >= 0.3 is 5.97 Å². The Morgan fingerprint density at radius 2 is 2.24 bits per heavy atom. The molecule has 0 fully saturated rings. The molecule has 0 unspecified atom stereocenters. The molecule has 0 saturated carbocycles. The Hall–Kier alpha value is -2.61. The Labute approximate surface area is 123 Å². The van der Waals surface area contributed by atoms with Crippen molar-refractivity contribution >= 4 is 17.7 Å². The van der Waals surface area contributed by atoms with Crippen molar-refractivity contribution in [3.8, 4) is 11.6 Å². The van der Waals surface area contributed by atoms with Crippen LogP contribution in [0.2, 0.25) is 0 Å². The number of hydrogen-bond donors (Lipinski definition) is 1. The van der Waals surface area contributed by atoms with E-state index in [2.05, 4.69) is 15.1 Å². The molecule has 0 aliphatic rings. The highest BCUT2D eigenvalue weighted by Gasteiger charge is 2.14. The molecule has 3 heterocycles. The standard InChI is InChI=1S/C13H9N3O4S/c17-13(18)8-3-1-5-14-12(8)21-7-10-15-11(16-20-10)9-4-2-6-19-9/h1-6H,7H2,(H,17,18). The molecule has 1 N–H and O–H groups in total. The predicted octanol–water partition coefficient (Wildman–Crippen LogP) is 2.72. The number of carbonyl (C=O) groups is 1. The minimum Gasteiger partial charge on any atom is -0.478 e. The second-order valence-corrected chi connectivity index (χ2v) is 4.90. The van der Waals surface area contributed by atoms with Crippen LogP contribution in [0.5, 0.6) is 0 Å². The zero-order valence-corrected chi connectivity index (χ0v) is 11.4. The maximum atomic E-state index is 11.1. The first-order valence-corrected chi connectivity index (χ1v) is 6.90. The van der Waals surface area contributed by atoms with Gasteiger partial charge < -0.3 is 14.0 Å². The number of rotatable bonds is 5. The molecule has 0 aliphatic carbocycles. The van der Waals surface area contributed by atoms with Gasteiger partial charge in [0, 0.05) is 6.20 Å². The van der Waals surface area contributed by atoms with E-state index in [4.69, 9.17) is 14.0 Å². The predicted molar refractivity (Wildman–Crippen MR) is 72.8 cm³/mol. The zero-order chi connectivity index (χ0) is 14.7. The van der Waals surface area contributed by atoms with Gasteiger partial charge in [-0.1, -0.05) is 16.9 Å². The van der Waals surface area contributed by atoms with Crippen LogP contribution in [0.3, 0.4) is 0 Å². The number of carboxylic acid groups (broad SMARTS) is 1. The molecule has 3 aromatic heterocycles. The summed E-state index contributed by atoms with van der Waals surface area (Å²) in [5.74, 6) is 0.542. The molecule has 21 heavy (non-hydrogen) atoms. The van der Waals surface area contributed by atoms with Gasteiger partial charge in [-0.15, -0.1) is 0 Å². The molecule has 3 rings (SSSR count). The quantitative estimate of drug-likeness (QED) is 0.718. The van der Waals surface area contributed by atoms with Crippen LogP contribution in [0.15, 0.2) is 50.7 Å². The fourth-order valence-corrected chi connectivity index (χ4v) is 2.44. The lowest BCUT2D eigenvalue weighted by atomic mass is 10.3. The summed E-state index contributed by atoms with van der Waals surface area (Å²) in [6.07, 6.45) is 3.06. The number of nitrogens with zero attached hydrogens (tertiary/aromatic N) is 3. The van der Waals surface area contributed by atoms with Gasteiger partial charge in [-0.05, 0) is 24.3 Å². The van der Waals surface area contributed by atoms with Gasteiger partial charge in [0.1, 0.15) is 5.03 Å². The highest BCUT2D eigenvalue weighted by atomic mass is 32.2. The van der Waals surface area contributed by atoms with Gasteiger partial charge in [0.2, 0.25) is 11.7 Å². The molecule has 0 bridgehead atoms. The smallest absolute Gasteiger partial charge is 0.338 e. The van der Waals surface area contributed by atoms with Gasteiger partial charge in [-0.25, -0.2) is 9.78 Å². The fraction of sp³-hybridized carbons (Fsp3) is 0.0769. The first-order chi connectivity index (χ1) is 10.2. The molecular formula is C13H9N3O4S. The Kier molecular flexibility index (Phi) is 3.69. The second-order valence-electron chi connectivity index (χ2n) is 3.94. The first kappa shape index (κ1) is 13.4. The van der Waals surface area contributed by atoms with Crippen molar-refractivity contribution in [1.82, 2.24) is 15.1 Å². The van der Waals surface area contributed by atoms with Crippen molar-refractivity contribution in [2.45, 2.75) is 10.8 Å². The number of aromatic carboxylic acids is 1. The maximum absolute atomic E-state index is 11.1. The average Bonchev–Trinajstić information content (AvgIpc) is 3.16. The number of thioether (sulfide) groups is 1.